The molecule has 176 valence electrons. The zero-order chi connectivity index (χ0) is 23.6. The van der Waals surface area contributed by atoms with Crippen LogP contribution in [0.3, 0.4) is 0 Å². The lowest BCUT2D eigenvalue weighted by atomic mass is 9.89. The molecule has 0 atom stereocenters. The van der Waals surface area contributed by atoms with Gasteiger partial charge in [-0.2, -0.15) is 0 Å². The van der Waals surface area contributed by atoms with Gasteiger partial charge in [0.15, 0.2) is 6.61 Å². The average Bonchev–Trinajstić information content (AvgIpc) is 2.85. The van der Waals surface area contributed by atoms with Gasteiger partial charge in [0.1, 0.15) is 40.7 Å². The quantitative estimate of drug-likeness (QED) is 0.217. The number of fused-ring (bicyclic) bond motifs is 1. The van der Waals surface area contributed by atoms with Gasteiger partial charge in [-0.1, -0.05) is 58.7 Å². The van der Waals surface area contributed by atoms with E-state index < -0.39 is 0 Å². The first-order valence-corrected chi connectivity index (χ1v) is 11.9. The van der Waals surface area contributed by atoms with Crippen LogP contribution < -0.4 is 14.2 Å². The lowest BCUT2D eigenvalue weighted by molar-refractivity contribution is 0.106. The van der Waals surface area contributed by atoms with E-state index in [-0.39, 0.29) is 4.49 Å². The summed E-state index contributed by atoms with van der Waals surface area (Å²) in [5, 5.41) is 4.37. The van der Waals surface area contributed by atoms with Gasteiger partial charge in [-0.25, -0.2) is 0 Å². The maximum Gasteiger partial charge on any atom is 0.151 e. The highest BCUT2D eigenvalue weighted by molar-refractivity contribution is 6.55. The van der Waals surface area contributed by atoms with Crippen molar-refractivity contribution in [1.29, 1.82) is 0 Å². The van der Waals surface area contributed by atoms with Crippen LogP contribution in [-0.2, 0) is 11.3 Å². The minimum atomic E-state index is 0.194. The summed E-state index contributed by atoms with van der Waals surface area (Å²) in [4.78, 5) is 5.56. The molecular formula is C27H25Cl2NO4. The van der Waals surface area contributed by atoms with Crippen molar-refractivity contribution in [3.05, 3.63) is 94.5 Å². The number of hydrogen-bond donors (Lipinski definition) is 0. The summed E-state index contributed by atoms with van der Waals surface area (Å²) < 4.78 is 17.6. The fraction of sp³-hybridized carbons (Fsp3) is 0.222. The molecule has 0 radical (unpaired) electrons. The maximum atomic E-state index is 5.83. The van der Waals surface area contributed by atoms with Crippen LogP contribution in [0.15, 0.2) is 88.5 Å². The number of hydrogen-bond acceptors (Lipinski definition) is 5. The fourth-order valence-electron chi connectivity index (χ4n) is 3.63. The minimum Gasteiger partial charge on any atom is -0.490 e. The van der Waals surface area contributed by atoms with Crippen LogP contribution in [0.4, 0.5) is 0 Å². The van der Waals surface area contributed by atoms with Crippen molar-refractivity contribution < 1.29 is 19.0 Å². The molecule has 0 unspecified atom stereocenters. The molecule has 0 spiro atoms. The lowest BCUT2D eigenvalue weighted by Crippen LogP contribution is -2.15. The molecule has 3 aromatic carbocycles. The Morgan fingerprint density at radius 2 is 1.56 bits per heavy atom. The van der Waals surface area contributed by atoms with Crippen molar-refractivity contribution in [2.45, 2.75) is 19.3 Å². The summed E-state index contributed by atoms with van der Waals surface area (Å²) in [6, 6.07) is 23.1. The predicted octanol–water partition coefficient (Wildman–Crippen LogP) is 7.31. The fourth-order valence-corrected chi connectivity index (χ4v) is 3.76. The molecule has 0 N–H and O–H groups in total. The smallest absolute Gasteiger partial charge is 0.151 e. The molecule has 0 saturated heterocycles. The second-order valence-corrected chi connectivity index (χ2v) is 8.55. The van der Waals surface area contributed by atoms with Gasteiger partial charge < -0.3 is 19.0 Å². The standard InChI is InChI=1S/C27H25Cl2NO4/c28-27(29)16-17-32-26-11-5-8-23-24(26)9-4-10-25(23)30-33-19-18-31-20-12-14-22(15-13-20)34-21-6-2-1-3-7-21/h1-3,5-8,11-16H,4,9-10,17-19H2/b30-25+. The van der Waals surface area contributed by atoms with Gasteiger partial charge in [-0.3, -0.25) is 0 Å². The molecule has 0 amide bonds. The molecule has 0 aliphatic heterocycles. The van der Waals surface area contributed by atoms with Crippen molar-refractivity contribution >= 4 is 28.9 Å². The summed E-state index contributed by atoms with van der Waals surface area (Å²) in [5.74, 6) is 3.11. The van der Waals surface area contributed by atoms with Gasteiger partial charge in [0.25, 0.3) is 0 Å². The topological polar surface area (TPSA) is 49.3 Å². The van der Waals surface area contributed by atoms with E-state index in [0.717, 1.165) is 59.1 Å². The molecule has 0 heterocycles. The number of ether oxygens (including phenoxy) is 3. The zero-order valence-electron chi connectivity index (χ0n) is 18.6. The van der Waals surface area contributed by atoms with Crippen LogP contribution in [0, 0.1) is 0 Å². The molecule has 0 fully saturated rings. The van der Waals surface area contributed by atoms with E-state index in [4.69, 9.17) is 42.3 Å². The van der Waals surface area contributed by atoms with Crippen LogP contribution in [0.1, 0.15) is 24.0 Å². The summed E-state index contributed by atoms with van der Waals surface area (Å²) in [6.07, 6.45) is 4.38. The monoisotopic (exact) mass is 497 g/mol. The van der Waals surface area contributed by atoms with E-state index in [0.29, 0.717) is 19.8 Å². The highest BCUT2D eigenvalue weighted by atomic mass is 35.5. The largest absolute Gasteiger partial charge is 0.490 e. The lowest BCUT2D eigenvalue weighted by Gasteiger charge is -2.20. The highest BCUT2D eigenvalue weighted by Gasteiger charge is 2.19. The normalized spacial score (nSPS) is 13.6. The number of nitrogens with zero attached hydrogens (tertiary/aromatic N) is 1. The third kappa shape index (κ3) is 6.92. The summed E-state index contributed by atoms with van der Waals surface area (Å²) in [5.41, 5.74) is 3.10. The number of para-hydroxylation sites is 1. The van der Waals surface area contributed by atoms with E-state index in [1.165, 1.54) is 0 Å². The number of rotatable bonds is 10. The summed E-state index contributed by atoms with van der Waals surface area (Å²) >= 11 is 11.3. The summed E-state index contributed by atoms with van der Waals surface area (Å²) in [6.45, 7) is 1.05. The third-order valence-corrected chi connectivity index (χ3v) is 5.49. The van der Waals surface area contributed by atoms with Gasteiger partial charge in [0.2, 0.25) is 0 Å². The Morgan fingerprint density at radius 1 is 0.794 bits per heavy atom. The Morgan fingerprint density at radius 3 is 2.35 bits per heavy atom. The first-order chi connectivity index (χ1) is 16.7. The van der Waals surface area contributed by atoms with E-state index in [2.05, 4.69) is 5.16 Å². The van der Waals surface area contributed by atoms with Crippen molar-refractivity contribution in [2.24, 2.45) is 5.16 Å². The second-order valence-electron chi connectivity index (χ2n) is 7.55. The average molecular weight is 498 g/mol. The zero-order valence-corrected chi connectivity index (χ0v) is 20.1. The predicted molar refractivity (Wildman–Crippen MR) is 136 cm³/mol. The van der Waals surface area contributed by atoms with Crippen molar-refractivity contribution in [3.63, 3.8) is 0 Å². The van der Waals surface area contributed by atoms with Crippen molar-refractivity contribution in [2.75, 3.05) is 19.8 Å². The van der Waals surface area contributed by atoms with E-state index >= 15 is 0 Å². The highest BCUT2D eigenvalue weighted by Crippen LogP contribution is 2.30. The van der Waals surface area contributed by atoms with Gasteiger partial charge in [0, 0.05) is 11.1 Å². The molecule has 0 bridgehead atoms. The third-order valence-electron chi connectivity index (χ3n) is 5.18. The Bertz CT molecular complexity index is 1130. The maximum absolute atomic E-state index is 5.83. The van der Waals surface area contributed by atoms with Crippen LogP contribution in [0.2, 0.25) is 0 Å². The second kappa shape index (κ2) is 12.4. The van der Waals surface area contributed by atoms with Gasteiger partial charge in [-0.05, 0) is 67.8 Å². The van der Waals surface area contributed by atoms with Crippen LogP contribution in [0.5, 0.6) is 23.0 Å². The molecule has 0 aromatic heterocycles. The first kappa shape index (κ1) is 24.0. The molecule has 3 aromatic rings. The van der Waals surface area contributed by atoms with Crippen molar-refractivity contribution in [3.8, 4) is 23.0 Å². The molecule has 1 aliphatic rings. The van der Waals surface area contributed by atoms with Crippen LogP contribution in [-0.4, -0.2) is 25.5 Å². The summed E-state index contributed by atoms with van der Waals surface area (Å²) in [7, 11) is 0. The van der Waals surface area contributed by atoms with E-state index in [1.807, 2.05) is 72.8 Å². The Balaban J connectivity index is 1.26. The van der Waals surface area contributed by atoms with Gasteiger partial charge in [0.05, 0.1) is 5.71 Å². The van der Waals surface area contributed by atoms with Gasteiger partial charge in [-0.15, -0.1) is 0 Å². The van der Waals surface area contributed by atoms with Crippen LogP contribution in [0.25, 0.3) is 0 Å². The molecule has 34 heavy (non-hydrogen) atoms. The first-order valence-electron chi connectivity index (χ1n) is 11.1. The van der Waals surface area contributed by atoms with Crippen LogP contribution >= 0.6 is 23.2 Å². The number of halogens is 2. The number of benzene rings is 3. The SMILES string of the molecule is ClC(Cl)=CCOc1cccc2c1CCC/C2=N\OCCOc1ccc(Oc2ccccc2)cc1. The molecule has 4 rings (SSSR count). The molecule has 7 heteroatoms. The Hall–Kier alpha value is -3.15. The van der Waals surface area contributed by atoms with E-state index in [9.17, 15) is 0 Å². The van der Waals surface area contributed by atoms with Gasteiger partial charge >= 0.3 is 0 Å². The molecule has 0 saturated carbocycles. The minimum absolute atomic E-state index is 0.194. The Labute approximate surface area is 209 Å². The van der Waals surface area contributed by atoms with E-state index in [1.54, 1.807) is 6.08 Å². The molecule has 1 aliphatic carbocycles. The number of oxime groups is 1. The Kier molecular flexibility index (Phi) is 8.71. The molecule has 5 nitrogen and oxygen atoms in total. The van der Waals surface area contributed by atoms with Crippen molar-refractivity contribution in [1.82, 2.24) is 0 Å². The molecular weight excluding hydrogens is 473 g/mol.